The number of nitrogens with zero attached hydrogens (tertiary/aromatic N) is 2. The molecule has 128 valence electrons. The Morgan fingerprint density at radius 1 is 1.12 bits per heavy atom. The molecule has 2 N–H and O–H groups in total. The number of carbonyl (C=O) groups is 1. The van der Waals surface area contributed by atoms with Gasteiger partial charge in [-0.2, -0.15) is 0 Å². The van der Waals surface area contributed by atoms with Crippen LogP contribution in [-0.4, -0.2) is 21.0 Å². The number of carboxylic acids is 1. The van der Waals surface area contributed by atoms with Crippen molar-refractivity contribution < 1.29 is 9.90 Å². The molecule has 0 radical (unpaired) electrons. The molecule has 5 heteroatoms. The quantitative estimate of drug-likeness (QED) is 0.733. The molecule has 25 heavy (non-hydrogen) atoms. The third kappa shape index (κ3) is 3.60. The Morgan fingerprint density at radius 2 is 1.92 bits per heavy atom. The van der Waals surface area contributed by atoms with Crippen molar-refractivity contribution in [3.05, 3.63) is 64.6 Å². The lowest BCUT2D eigenvalue weighted by molar-refractivity contribution is 0.0691. The third-order valence-electron chi connectivity index (χ3n) is 4.16. The molecule has 0 aliphatic heterocycles. The molecule has 3 rings (SSSR count). The number of aromatic nitrogens is 2. The number of pyridine rings is 2. The van der Waals surface area contributed by atoms with Gasteiger partial charge < -0.3 is 10.4 Å². The molecule has 1 aromatic carbocycles. The second-order valence-corrected chi connectivity index (χ2v) is 6.15. The number of nitrogens with one attached hydrogen (secondary N) is 1. The SMILES string of the molecule is CCc1ccc(NCc2cc(C)cc3nc(C)ccc23)c(C(=O)O)n1. The van der Waals surface area contributed by atoms with Crippen LogP contribution in [0.5, 0.6) is 0 Å². The minimum absolute atomic E-state index is 0.0604. The Bertz CT molecular complexity index is 946. The van der Waals surface area contributed by atoms with Gasteiger partial charge in [-0.25, -0.2) is 9.78 Å². The van der Waals surface area contributed by atoms with E-state index in [1.54, 1.807) is 6.07 Å². The topological polar surface area (TPSA) is 75.1 Å². The van der Waals surface area contributed by atoms with Gasteiger partial charge in [0.15, 0.2) is 5.69 Å². The maximum atomic E-state index is 11.5. The molecule has 0 unspecified atom stereocenters. The zero-order valence-corrected chi connectivity index (χ0v) is 14.6. The molecule has 3 aromatic rings. The van der Waals surface area contributed by atoms with Gasteiger partial charge in [-0.05, 0) is 55.7 Å². The summed E-state index contributed by atoms with van der Waals surface area (Å²) in [6, 6.07) is 11.8. The average Bonchev–Trinajstić information content (AvgIpc) is 2.58. The second-order valence-electron chi connectivity index (χ2n) is 6.15. The largest absolute Gasteiger partial charge is 0.476 e. The highest BCUT2D eigenvalue weighted by Gasteiger charge is 2.13. The molecule has 5 nitrogen and oxygen atoms in total. The van der Waals surface area contributed by atoms with Crippen molar-refractivity contribution >= 4 is 22.6 Å². The van der Waals surface area contributed by atoms with E-state index in [-0.39, 0.29) is 5.69 Å². The number of aromatic carboxylic acids is 1. The predicted molar refractivity (Wildman–Crippen MR) is 99.1 cm³/mol. The van der Waals surface area contributed by atoms with Crippen molar-refractivity contribution in [1.82, 2.24) is 9.97 Å². The van der Waals surface area contributed by atoms with Crippen molar-refractivity contribution in [3.63, 3.8) is 0 Å². The summed E-state index contributed by atoms with van der Waals surface area (Å²) in [5, 5.41) is 13.7. The Morgan fingerprint density at radius 3 is 2.64 bits per heavy atom. The molecular weight excluding hydrogens is 314 g/mol. The molecule has 0 saturated carbocycles. The zero-order valence-electron chi connectivity index (χ0n) is 14.6. The van der Waals surface area contributed by atoms with Gasteiger partial charge in [0, 0.05) is 23.3 Å². The van der Waals surface area contributed by atoms with Crippen LogP contribution in [-0.2, 0) is 13.0 Å². The third-order valence-corrected chi connectivity index (χ3v) is 4.16. The Labute approximate surface area is 146 Å². The summed E-state index contributed by atoms with van der Waals surface area (Å²) in [7, 11) is 0. The summed E-state index contributed by atoms with van der Waals surface area (Å²) < 4.78 is 0. The van der Waals surface area contributed by atoms with E-state index in [2.05, 4.69) is 33.5 Å². The van der Waals surface area contributed by atoms with E-state index in [0.717, 1.165) is 33.4 Å². The minimum Gasteiger partial charge on any atom is -0.476 e. The zero-order chi connectivity index (χ0) is 18.0. The summed E-state index contributed by atoms with van der Waals surface area (Å²) in [6.07, 6.45) is 0.702. The predicted octanol–water partition coefficient (Wildman–Crippen LogP) is 4.12. The number of rotatable bonds is 5. The standard InChI is InChI=1S/C20H21N3O2/c1-4-15-6-8-17(19(23-15)20(24)25)21-11-14-9-12(2)10-18-16(14)7-5-13(3)22-18/h5-10,21H,4,11H2,1-3H3,(H,24,25). The molecule has 0 spiro atoms. The number of benzene rings is 1. The van der Waals surface area contributed by atoms with Gasteiger partial charge in [0.05, 0.1) is 11.2 Å². The molecule has 0 bridgehead atoms. The Balaban J connectivity index is 1.94. The van der Waals surface area contributed by atoms with E-state index in [4.69, 9.17) is 0 Å². The molecule has 0 saturated heterocycles. The van der Waals surface area contributed by atoms with Crippen molar-refractivity contribution in [2.75, 3.05) is 5.32 Å². The van der Waals surface area contributed by atoms with Crippen molar-refractivity contribution in [2.24, 2.45) is 0 Å². The van der Waals surface area contributed by atoms with Gasteiger partial charge in [-0.3, -0.25) is 4.98 Å². The normalized spacial score (nSPS) is 10.8. The van der Waals surface area contributed by atoms with Crippen LogP contribution in [0.2, 0.25) is 0 Å². The van der Waals surface area contributed by atoms with Gasteiger partial charge in [0.2, 0.25) is 0 Å². The molecule has 0 aliphatic carbocycles. The number of fused-ring (bicyclic) bond motifs is 1. The van der Waals surface area contributed by atoms with Crippen LogP contribution in [0.4, 0.5) is 5.69 Å². The van der Waals surface area contributed by atoms with E-state index in [0.29, 0.717) is 18.7 Å². The van der Waals surface area contributed by atoms with Crippen LogP contribution in [0.1, 0.15) is 39.9 Å². The molecule has 0 atom stereocenters. The van der Waals surface area contributed by atoms with E-state index >= 15 is 0 Å². The number of hydrogen-bond acceptors (Lipinski definition) is 4. The maximum Gasteiger partial charge on any atom is 0.356 e. The lowest BCUT2D eigenvalue weighted by Crippen LogP contribution is -2.10. The van der Waals surface area contributed by atoms with Crippen molar-refractivity contribution in [1.29, 1.82) is 0 Å². The van der Waals surface area contributed by atoms with Crippen molar-refractivity contribution in [2.45, 2.75) is 33.7 Å². The fourth-order valence-electron chi connectivity index (χ4n) is 2.91. The Kier molecular flexibility index (Phi) is 4.65. The van der Waals surface area contributed by atoms with Crippen LogP contribution >= 0.6 is 0 Å². The molecule has 0 amide bonds. The average molecular weight is 335 g/mol. The van der Waals surface area contributed by atoms with Gasteiger partial charge in [-0.1, -0.05) is 19.1 Å². The lowest BCUT2D eigenvalue weighted by atomic mass is 10.0. The fourth-order valence-corrected chi connectivity index (χ4v) is 2.91. The van der Waals surface area contributed by atoms with Gasteiger partial charge >= 0.3 is 5.97 Å². The molecule has 2 heterocycles. The van der Waals surface area contributed by atoms with E-state index in [1.807, 2.05) is 32.9 Å². The summed E-state index contributed by atoms with van der Waals surface area (Å²) >= 11 is 0. The monoisotopic (exact) mass is 335 g/mol. The summed E-state index contributed by atoms with van der Waals surface area (Å²) in [5.74, 6) is -1.02. The molecule has 2 aromatic heterocycles. The smallest absolute Gasteiger partial charge is 0.356 e. The lowest BCUT2D eigenvalue weighted by Gasteiger charge is -2.13. The fraction of sp³-hybridized carbons (Fsp3) is 0.250. The number of carboxylic acid groups (broad SMARTS) is 1. The van der Waals surface area contributed by atoms with Gasteiger partial charge in [0.1, 0.15) is 0 Å². The first-order valence-electron chi connectivity index (χ1n) is 8.32. The first-order chi connectivity index (χ1) is 12.0. The van der Waals surface area contributed by atoms with E-state index in [1.165, 1.54) is 0 Å². The molecule has 0 aliphatic rings. The van der Waals surface area contributed by atoms with Crippen LogP contribution in [0.15, 0.2) is 36.4 Å². The number of anilines is 1. The van der Waals surface area contributed by atoms with Crippen LogP contribution in [0, 0.1) is 13.8 Å². The van der Waals surface area contributed by atoms with Crippen LogP contribution < -0.4 is 5.32 Å². The highest BCUT2D eigenvalue weighted by Crippen LogP contribution is 2.22. The van der Waals surface area contributed by atoms with Gasteiger partial charge in [0.25, 0.3) is 0 Å². The Hall–Kier alpha value is -2.95. The highest BCUT2D eigenvalue weighted by molar-refractivity contribution is 5.92. The van der Waals surface area contributed by atoms with Crippen LogP contribution in [0.3, 0.4) is 0 Å². The first-order valence-corrected chi connectivity index (χ1v) is 8.32. The van der Waals surface area contributed by atoms with E-state index in [9.17, 15) is 9.90 Å². The summed E-state index contributed by atoms with van der Waals surface area (Å²) in [4.78, 5) is 20.3. The summed E-state index contributed by atoms with van der Waals surface area (Å²) in [5.41, 5.74) is 5.49. The van der Waals surface area contributed by atoms with Crippen LogP contribution in [0.25, 0.3) is 10.9 Å². The number of aryl methyl sites for hydroxylation is 3. The molecule has 0 fully saturated rings. The van der Waals surface area contributed by atoms with Crippen molar-refractivity contribution in [3.8, 4) is 0 Å². The highest BCUT2D eigenvalue weighted by atomic mass is 16.4. The summed E-state index contributed by atoms with van der Waals surface area (Å²) in [6.45, 7) is 6.47. The minimum atomic E-state index is -1.02. The number of hydrogen-bond donors (Lipinski definition) is 2. The first kappa shape index (κ1) is 16.9. The maximum absolute atomic E-state index is 11.5. The van der Waals surface area contributed by atoms with Gasteiger partial charge in [-0.15, -0.1) is 0 Å². The van der Waals surface area contributed by atoms with E-state index < -0.39 is 5.97 Å². The second kappa shape index (κ2) is 6.89. The molecular formula is C20H21N3O2.